The minimum Gasteiger partial charge on any atom is -0.444 e. The number of carbonyl (C=O) groups excluding carboxylic acids is 1. The summed E-state index contributed by atoms with van der Waals surface area (Å²) in [5, 5.41) is 2.82. The maximum Gasteiger partial charge on any atom is 0.226 e. The molecule has 0 aliphatic heterocycles. The molecule has 1 unspecified atom stereocenters. The van der Waals surface area contributed by atoms with Crippen LogP contribution >= 0.6 is 12.4 Å². The van der Waals surface area contributed by atoms with Crippen molar-refractivity contribution >= 4 is 18.3 Å². The molecule has 0 saturated carbocycles. The van der Waals surface area contributed by atoms with E-state index in [2.05, 4.69) is 10.3 Å². The molecule has 2 rings (SSSR count). The second kappa shape index (κ2) is 9.27. The van der Waals surface area contributed by atoms with E-state index in [-0.39, 0.29) is 30.2 Å². The normalized spacial score (nSPS) is 11.6. The average molecular weight is 342 g/mol. The molecule has 126 valence electrons. The van der Waals surface area contributed by atoms with Crippen LogP contribution in [0.4, 0.5) is 4.39 Å². The van der Waals surface area contributed by atoms with Crippen molar-refractivity contribution in [1.82, 2.24) is 10.3 Å². The molecule has 1 atom stereocenters. The third-order valence-corrected chi connectivity index (χ3v) is 3.17. The summed E-state index contributed by atoms with van der Waals surface area (Å²) in [5.41, 5.74) is 7.06. The van der Waals surface area contributed by atoms with Gasteiger partial charge in [-0.2, -0.15) is 0 Å². The molecule has 0 aliphatic rings. The average Bonchev–Trinajstić information content (AvgIpc) is 2.95. The molecule has 5 nitrogen and oxygen atoms in total. The summed E-state index contributed by atoms with van der Waals surface area (Å²) in [6.07, 6.45) is 3.23. The van der Waals surface area contributed by atoms with Crippen LogP contribution in [-0.4, -0.2) is 23.5 Å². The van der Waals surface area contributed by atoms with Crippen molar-refractivity contribution in [2.24, 2.45) is 5.73 Å². The van der Waals surface area contributed by atoms with Crippen molar-refractivity contribution in [3.8, 4) is 11.5 Å². The fourth-order valence-electron chi connectivity index (χ4n) is 1.92. The number of nitrogens with two attached hydrogens (primary N) is 1. The first kappa shape index (κ1) is 19.1. The molecule has 0 radical (unpaired) electrons. The number of nitrogens with one attached hydrogen (secondary N) is 1. The highest BCUT2D eigenvalue weighted by atomic mass is 35.5. The molecule has 7 heteroatoms. The van der Waals surface area contributed by atoms with Crippen molar-refractivity contribution < 1.29 is 13.6 Å². The van der Waals surface area contributed by atoms with Crippen molar-refractivity contribution in [1.29, 1.82) is 0 Å². The van der Waals surface area contributed by atoms with Gasteiger partial charge in [-0.3, -0.25) is 4.79 Å². The molecule has 0 bridgehead atoms. The second-order valence-corrected chi connectivity index (χ2v) is 5.27. The summed E-state index contributed by atoms with van der Waals surface area (Å²) in [6.45, 7) is 2.37. The zero-order valence-electron chi connectivity index (χ0n) is 12.9. The smallest absolute Gasteiger partial charge is 0.226 e. The van der Waals surface area contributed by atoms with E-state index < -0.39 is 0 Å². The maximum absolute atomic E-state index is 12.9. The molecule has 2 aromatic rings. The van der Waals surface area contributed by atoms with Gasteiger partial charge in [0.1, 0.15) is 12.1 Å². The highest BCUT2D eigenvalue weighted by molar-refractivity contribution is 5.85. The lowest BCUT2D eigenvalue weighted by Crippen LogP contribution is -2.27. The van der Waals surface area contributed by atoms with Gasteiger partial charge >= 0.3 is 0 Å². The number of hydrogen-bond donors (Lipinski definition) is 2. The highest BCUT2D eigenvalue weighted by Crippen LogP contribution is 2.18. The first-order chi connectivity index (χ1) is 10.5. The Morgan fingerprint density at radius 2 is 2.09 bits per heavy atom. The Bertz CT molecular complexity index is 614. The van der Waals surface area contributed by atoms with E-state index in [1.165, 1.54) is 12.1 Å². The van der Waals surface area contributed by atoms with Crippen molar-refractivity contribution in [2.75, 3.05) is 6.54 Å². The lowest BCUT2D eigenvalue weighted by molar-refractivity contribution is -0.121. The summed E-state index contributed by atoms with van der Waals surface area (Å²) in [4.78, 5) is 15.9. The predicted molar refractivity (Wildman–Crippen MR) is 88.7 cm³/mol. The molecule has 23 heavy (non-hydrogen) atoms. The summed E-state index contributed by atoms with van der Waals surface area (Å²) < 4.78 is 18.2. The number of oxazole rings is 1. The minimum absolute atomic E-state index is 0. The van der Waals surface area contributed by atoms with Crippen LogP contribution in [0.15, 0.2) is 34.9 Å². The molecule has 0 spiro atoms. The third-order valence-electron chi connectivity index (χ3n) is 3.17. The zero-order valence-corrected chi connectivity index (χ0v) is 13.7. The van der Waals surface area contributed by atoms with Crippen molar-refractivity contribution in [3.63, 3.8) is 0 Å². The van der Waals surface area contributed by atoms with Gasteiger partial charge in [0.25, 0.3) is 0 Å². The lowest BCUT2D eigenvalue weighted by Gasteiger charge is -2.05. The Morgan fingerprint density at radius 1 is 1.39 bits per heavy atom. The third kappa shape index (κ3) is 6.38. The molecule has 1 aromatic heterocycles. The molecular weight excluding hydrogens is 321 g/mol. The van der Waals surface area contributed by atoms with Gasteiger partial charge in [-0.15, -0.1) is 12.4 Å². The van der Waals surface area contributed by atoms with E-state index in [1.54, 1.807) is 18.4 Å². The van der Waals surface area contributed by atoms with Crippen LogP contribution in [0.3, 0.4) is 0 Å². The number of nitrogens with zero attached hydrogens (tertiary/aromatic N) is 1. The monoisotopic (exact) mass is 341 g/mol. The van der Waals surface area contributed by atoms with Gasteiger partial charge in [0, 0.05) is 31.0 Å². The van der Waals surface area contributed by atoms with Crippen LogP contribution in [0, 0.1) is 5.82 Å². The summed E-state index contributed by atoms with van der Waals surface area (Å²) in [6, 6.07) is 5.97. The van der Waals surface area contributed by atoms with Crippen molar-refractivity contribution in [3.05, 3.63) is 42.0 Å². The molecule has 0 aliphatic carbocycles. The van der Waals surface area contributed by atoms with Gasteiger partial charge in [-0.25, -0.2) is 9.37 Å². The Labute approximate surface area is 140 Å². The number of amides is 1. The van der Waals surface area contributed by atoms with Crippen LogP contribution < -0.4 is 11.1 Å². The molecule has 1 aromatic carbocycles. The molecule has 1 amide bonds. The number of aromatic nitrogens is 1. The lowest BCUT2D eigenvalue weighted by atomic mass is 10.2. The number of benzene rings is 1. The van der Waals surface area contributed by atoms with E-state index in [0.29, 0.717) is 37.3 Å². The number of hydrogen-bond acceptors (Lipinski definition) is 4. The minimum atomic E-state index is -0.301. The van der Waals surface area contributed by atoms with E-state index >= 15 is 0 Å². The molecule has 3 N–H and O–H groups in total. The van der Waals surface area contributed by atoms with E-state index in [4.69, 9.17) is 10.2 Å². The summed E-state index contributed by atoms with van der Waals surface area (Å²) in [5.74, 6) is 0.128. The largest absolute Gasteiger partial charge is 0.444 e. The highest BCUT2D eigenvalue weighted by Gasteiger charge is 2.08. The summed E-state index contributed by atoms with van der Waals surface area (Å²) in [7, 11) is 0. The molecular formula is C16H21ClFN3O2. The Hall–Kier alpha value is -1.92. The molecule has 1 heterocycles. The zero-order chi connectivity index (χ0) is 15.9. The topological polar surface area (TPSA) is 81.2 Å². The number of carbonyl (C=O) groups is 1. The quantitative estimate of drug-likeness (QED) is 0.811. The van der Waals surface area contributed by atoms with E-state index in [0.717, 1.165) is 5.69 Å². The van der Waals surface area contributed by atoms with Crippen LogP contribution in [-0.2, 0) is 11.2 Å². The van der Waals surface area contributed by atoms with Crippen LogP contribution in [0.5, 0.6) is 0 Å². The van der Waals surface area contributed by atoms with Gasteiger partial charge < -0.3 is 15.5 Å². The number of rotatable bonds is 7. The SMILES string of the molecule is CC(N)CCC(=O)NCCc1coc(-c2ccc(F)cc2)n1.Cl. The molecule has 0 fully saturated rings. The van der Waals surface area contributed by atoms with E-state index in [9.17, 15) is 9.18 Å². The van der Waals surface area contributed by atoms with Crippen LogP contribution in [0.1, 0.15) is 25.5 Å². The first-order valence-electron chi connectivity index (χ1n) is 7.27. The fraction of sp³-hybridized carbons (Fsp3) is 0.375. The Morgan fingerprint density at radius 3 is 2.74 bits per heavy atom. The van der Waals surface area contributed by atoms with Crippen LogP contribution in [0.2, 0.25) is 0 Å². The second-order valence-electron chi connectivity index (χ2n) is 5.27. The van der Waals surface area contributed by atoms with Crippen LogP contribution in [0.25, 0.3) is 11.5 Å². The first-order valence-corrected chi connectivity index (χ1v) is 7.27. The maximum atomic E-state index is 12.9. The van der Waals surface area contributed by atoms with Gasteiger partial charge in [-0.05, 0) is 37.6 Å². The number of halogens is 2. The van der Waals surface area contributed by atoms with Gasteiger partial charge in [0.2, 0.25) is 11.8 Å². The Kier molecular flexibility index (Phi) is 7.71. The van der Waals surface area contributed by atoms with Gasteiger partial charge in [0.15, 0.2) is 0 Å². The van der Waals surface area contributed by atoms with E-state index in [1.807, 2.05) is 6.92 Å². The Balaban J connectivity index is 0.00000264. The fourth-order valence-corrected chi connectivity index (χ4v) is 1.92. The van der Waals surface area contributed by atoms with Crippen molar-refractivity contribution in [2.45, 2.75) is 32.2 Å². The van der Waals surface area contributed by atoms with Gasteiger partial charge in [0.05, 0.1) is 5.69 Å². The predicted octanol–water partition coefficient (Wildman–Crippen LogP) is 2.69. The summed E-state index contributed by atoms with van der Waals surface area (Å²) >= 11 is 0. The standard InChI is InChI=1S/C16H20FN3O2.ClH/c1-11(18)2-7-15(21)19-9-8-14-10-22-16(20-14)12-3-5-13(17)6-4-12;/h3-6,10-11H,2,7-9,18H2,1H3,(H,19,21);1H. The van der Waals surface area contributed by atoms with Gasteiger partial charge in [-0.1, -0.05) is 0 Å². The molecule has 0 saturated heterocycles.